The van der Waals surface area contributed by atoms with Gasteiger partial charge in [-0.3, -0.25) is 76.7 Å². The minimum atomic E-state index is -1.58. The first-order valence-electron chi connectivity index (χ1n) is 43.9. The number of rotatable bonds is 26. The van der Waals surface area contributed by atoms with Crippen LogP contribution >= 0.6 is 11.8 Å². The molecular formula is C97H123N13O19S. The molecule has 696 valence electrons. The van der Waals surface area contributed by atoms with Gasteiger partial charge in [0.1, 0.15) is 72.2 Å². The lowest BCUT2D eigenvalue weighted by Crippen LogP contribution is -2.59. The van der Waals surface area contributed by atoms with Crippen LogP contribution in [-0.2, 0) is 120 Å². The number of nitrogens with zero attached hydrogens (tertiary/aromatic N) is 5. The van der Waals surface area contributed by atoms with Crippen LogP contribution in [0.3, 0.4) is 0 Å². The van der Waals surface area contributed by atoms with Gasteiger partial charge in [-0.25, -0.2) is 0 Å². The minimum Gasteiger partial charge on any atom is -0.508 e. The van der Waals surface area contributed by atoms with Crippen LogP contribution in [0.4, 0.5) is 0 Å². The van der Waals surface area contributed by atoms with Gasteiger partial charge in [0.2, 0.25) is 70.9 Å². The average Bonchev–Trinajstić information content (AvgIpc) is 1.56. The molecule has 1 aliphatic rings. The Hall–Kier alpha value is -13.1. The van der Waals surface area contributed by atoms with E-state index in [0.29, 0.717) is 63.5 Å². The molecule has 2 heterocycles. The lowest BCUT2D eigenvalue weighted by atomic mass is 9.82. The fraction of sp³-hybridized carbons (Fsp3) is 0.443. The molecule has 32 nitrogen and oxygen atoms in total. The predicted octanol–water partition coefficient (Wildman–Crippen LogP) is 5.83. The molecule has 0 spiro atoms. The SMILES string of the molecule is CCCC[C@H]1C(=O)N(C)CC(=O)C[C@@H](COC=O)C(=O)C[C@@H]([C@@H](C)CC)C(=O)N(C)[C@@H](Cc2ccccc2)C(=O)N[C@@H](Cc2ccc(O)cc2)C(=O)N(C)CC(=O)N[C@@H](Cc2c[nH]c3ccccc23)C(=O)N[C@@H](Cc2ccc(O)cc2)C(=O)N[C@@H](CC(C)C)C(=O)N[C@H](C(=O)CCC(N)=O)CSCC(=O)N[C@@H](Cc2ccccc2)C(=O)N(C)[C@@H](Cc2ccccc2)C(=O)N1C. The highest BCUT2D eigenvalue weighted by atomic mass is 32.2. The number of carbonyl (C=O) groups excluding carboxylic acids is 16. The number of unbranched alkanes of at least 4 members (excludes halogenated alkanes) is 1. The summed E-state index contributed by atoms with van der Waals surface area (Å²) in [7, 11) is 6.84. The van der Waals surface area contributed by atoms with Gasteiger partial charge in [0.25, 0.3) is 6.47 Å². The molecule has 0 unspecified atom stereocenters. The van der Waals surface area contributed by atoms with E-state index in [1.54, 1.807) is 149 Å². The Kier molecular flexibility index (Phi) is 39.8. The van der Waals surface area contributed by atoms with Crippen LogP contribution in [0, 0.1) is 23.7 Å². The van der Waals surface area contributed by atoms with E-state index in [4.69, 9.17) is 10.5 Å². The molecule has 1 saturated heterocycles. The molecule has 8 rings (SSSR count). The average molecular weight is 1810 g/mol. The Morgan fingerprint density at radius 2 is 0.985 bits per heavy atom. The van der Waals surface area contributed by atoms with Crippen LogP contribution < -0.4 is 37.6 Å². The number of carbonyl (C=O) groups is 16. The van der Waals surface area contributed by atoms with E-state index in [0.717, 1.165) is 21.6 Å². The smallest absolute Gasteiger partial charge is 0.293 e. The minimum absolute atomic E-state index is 0.0632. The molecule has 0 bridgehead atoms. The van der Waals surface area contributed by atoms with Crippen molar-refractivity contribution in [2.45, 2.75) is 185 Å². The van der Waals surface area contributed by atoms with Crippen LogP contribution in [-0.4, -0.2) is 255 Å². The van der Waals surface area contributed by atoms with Crippen LogP contribution in [0.5, 0.6) is 11.5 Å². The third kappa shape index (κ3) is 30.8. The van der Waals surface area contributed by atoms with Crippen LogP contribution in [0.1, 0.15) is 126 Å². The number of phenols is 2. The standard InChI is InChI=1S/C97H123N13O19S/c1-11-13-33-81-96(127)106(6)54-71(114)50-68(56-129-59-111)85(116)52-73(61(5)12-2)93(124)109(9)82(48-63-27-19-15-20-28-63)92(123)104-78(47-66-36-40-70(113)41-37-66)94(125)107(7)55-87(118)100-77(51-67-53-99-74-32-24-23-31-72(67)74)91(122)103-76(45-65-34-38-69(112)39-35-65)90(121)102-75(44-60(3)4)89(120)105-80(84(115)42-43-86(98)117)57-130-58-88(119)101-79(46-62-25-17-14-18-26-62)95(126)110(10)83(97(128)108(81)8)49-64-29-21-16-22-30-64/h14-32,34-41,53,59-61,68,73,75-83,99,112-113H,11-13,33,42-52,54-58H2,1-10H3,(H2,98,117)(H,100,118)(H,101,119)(H,102,121)(H,103,122)(H,104,123)(H,105,120)/t61-,68-,73-,75-,76-,77-,78-,79-,80-,81-,82-,83-/m0/s1. The number of nitrogens with two attached hydrogens (primary N) is 1. The molecule has 1 aromatic heterocycles. The fourth-order valence-electron chi connectivity index (χ4n) is 15.8. The van der Waals surface area contributed by atoms with Crippen molar-refractivity contribution in [1.29, 1.82) is 0 Å². The molecule has 1 fully saturated rings. The van der Waals surface area contributed by atoms with E-state index < -0.39 is 211 Å². The van der Waals surface area contributed by atoms with E-state index in [-0.39, 0.29) is 81.0 Å². The molecule has 33 heteroatoms. The maximum atomic E-state index is 15.6. The van der Waals surface area contributed by atoms with Gasteiger partial charge < -0.3 is 82.1 Å². The number of amides is 12. The van der Waals surface area contributed by atoms with Gasteiger partial charge in [0, 0.05) is 128 Å². The number of para-hydroxylation sites is 1. The highest BCUT2D eigenvalue weighted by molar-refractivity contribution is 8.00. The second-order valence-corrected chi connectivity index (χ2v) is 34.9. The van der Waals surface area contributed by atoms with E-state index >= 15 is 43.2 Å². The Balaban J connectivity index is 1.22. The molecule has 0 radical (unpaired) electrons. The number of primary amides is 1. The van der Waals surface area contributed by atoms with Gasteiger partial charge in [-0.15, -0.1) is 11.8 Å². The van der Waals surface area contributed by atoms with Gasteiger partial charge in [-0.1, -0.05) is 187 Å². The Labute approximate surface area is 762 Å². The van der Waals surface area contributed by atoms with Gasteiger partial charge in [0.05, 0.1) is 30.8 Å². The number of ketones is 3. The Morgan fingerprint density at radius 3 is 1.55 bits per heavy atom. The number of hydrogen-bond donors (Lipinski definition) is 10. The zero-order valence-electron chi connectivity index (χ0n) is 75.4. The first kappa shape index (κ1) is 102. The van der Waals surface area contributed by atoms with E-state index in [2.05, 4.69) is 36.9 Å². The molecule has 0 saturated carbocycles. The summed E-state index contributed by atoms with van der Waals surface area (Å²) in [6.45, 7) is 7.06. The summed E-state index contributed by atoms with van der Waals surface area (Å²) >= 11 is 0.883. The molecule has 12 atom stereocenters. The van der Waals surface area contributed by atoms with Crippen molar-refractivity contribution in [3.8, 4) is 11.5 Å². The van der Waals surface area contributed by atoms with Crippen molar-refractivity contribution in [3.05, 3.63) is 203 Å². The summed E-state index contributed by atoms with van der Waals surface area (Å²) in [5.41, 5.74) is 9.38. The number of aromatic amines is 1. The summed E-state index contributed by atoms with van der Waals surface area (Å²) < 4.78 is 5.18. The van der Waals surface area contributed by atoms with Gasteiger partial charge in [-0.2, -0.15) is 0 Å². The van der Waals surface area contributed by atoms with Crippen molar-refractivity contribution < 1.29 is 91.7 Å². The van der Waals surface area contributed by atoms with Crippen molar-refractivity contribution in [3.63, 3.8) is 0 Å². The molecular weight excluding hydrogens is 1680 g/mol. The van der Waals surface area contributed by atoms with Gasteiger partial charge in [0.15, 0.2) is 11.6 Å². The van der Waals surface area contributed by atoms with E-state index in [1.165, 1.54) is 98.5 Å². The maximum Gasteiger partial charge on any atom is 0.293 e. The molecule has 7 aromatic rings. The molecule has 12 amide bonds. The first-order chi connectivity index (χ1) is 62.1. The molecule has 11 N–H and O–H groups in total. The second-order valence-electron chi connectivity index (χ2n) is 33.9. The molecule has 6 aromatic carbocycles. The van der Waals surface area contributed by atoms with Crippen LogP contribution in [0.2, 0.25) is 0 Å². The number of aromatic nitrogens is 1. The van der Waals surface area contributed by atoms with E-state index in [1.807, 2.05) is 6.92 Å². The van der Waals surface area contributed by atoms with Crippen molar-refractivity contribution in [2.75, 3.05) is 66.4 Å². The summed E-state index contributed by atoms with van der Waals surface area (Å²) in [5, 5.41) is 38.3. The quantitative estimate of drug-likeness (QED) is 0.0285. The lowest BCUT2D eigenvalue weighted by molar-refractivity contribution is -0.151. The second kappa shape index (κ2) is 50.6. The number of Topliss-reactive ketones (excluding diaryl/α,β-unsaturated/α-hetero) is 3. The van der Waals surface area contributed by atoms with Crippen LogP contribution in [0.15, 0.2) is 170 Å². The number of aromatic hydroxyl groups is 2. The number of nitrogens with one attached hydrogen (secondary N) is 7. The maximum absolute atomic E-state index is 15.6. The topological polar surface area (TPSA) is 453 Å². The number of H-pyrrole nitrogens is 1. The predicted molar refractivity (Wildman–Crippen MR) is 490 cm³/mol. The zero-order chi connectivity index (χ0) is 94.8. The summed E-state index contributed by atoms with van der Waals surface area (Å²) in [5.74, 6) is -16.1. The number of fused-ring (bicyclic) bond motifs is 1. The zero-order valence-corrected chi connectivity index (χ0v) is 76.3. The molecule has 130 heavy (non-hydrogen) atoms. The molecule has 0 aliphatic carbocycles. The fourth-order valence-corrected chi connectivity index (χ4v) is 16.7. The number of benzene rings is 6. The summed E-state index contributed by atoms with van der Waals surface area (Å²) in [4.78, 5) is 245. The lowest BCUT2D eigenvalue weighted by Gasteiger charge is -2.37. The van der Waals surface area contributed by atoms with Gasteiger partial charge >= 0.3 is 0 Å². The highest BCUT2D eigenvalue weighted by Gasteiger charge is 2.43. The van der Waals surface area contributed by atoms with E-state index in [9.17, 15) is 43.8 Å². The van der Waals surface area contributed by atoms with Crippen molar-refractivity contribution in [1.82, 2.24) is 61.4 Å². The Bertz CT molecular complexity index is 5040. The number of phenolic OH excluding ortho intramolecular Hbond substituents is 2. The third-order valence-corrected chi connectivity index (χ3v) is 24.5. The highest BCUT2D eigenvalue weighted by Crippen LogP contribution is 2.29. The number of thioether (sulfide) groups is 1. The number of hydrogen-bond acceptors (Lipinski definition) is 20. The summed E-state index contributed by atoms with van der Waals surface area (Å²) in [6, 6.07) is 31.8. The number of ether oxygens (including phenoxy) is 1. The van der Waals surface area contributed by atoms with Crippen molar-refractivity contribution in [2.24, 2.45) is 29.4 Å². The Morgan fingerprint density at radius 1 is 0.500 bits per heavy atom. The normalized spacial score (nSPS) is 22.2. The first-order valence-corrected chi connectivity index (χ1v) is 45.0. The largest absolute Gasteiger partial charge is 0.508 e. The molecule has 1 aliphatic heterocycles. The van der Waals surface area contributed by atoms with Crippen molar-refractivity contribution >= 4 is 117 Å². The monoisotopic (exact) mass is 1810 g/mol. The number of likely N-dealkylation sites (N-methyl/N-ethyl adjacent to an activating group) is 5. The van der Waals surface area contributed by atoms with Crippen LogP contribution in [0.25, 0.3) is 10.9 Å². The summed E-state index contributed by atoms with van der Waals surface area (Å²) in [6.07, 6.45) is -0.163. The third-order valence-electron chi connectivity index (χ3n) is 23.5. The van der Waals surface area contributed by atoms with Gasteiger partial charge in [-0.05, 0) is 88.4 Å².